The first-order valence-electron chi connectivity index (χ1n) is 12.4. The zero-order valence-electron chi connectivity index (χ0n) is 21.3. The SMILES string of the molecule is CCc1c2c(c(C)c(C)c1OCCC(=O)O)OC(C)(/C=C/CC(C)CCCC(C)C)CC2. The molecule has 0 aromatic heterocycles. The number of aliphatic carboxylic acids is 1. The van der Waals surface area contributed by atoms with Crippen molar-refractivity contribution in [2.45, 2.75) is 105 Å². The summed E-state index contributed by atoms with van der Waals surface area (Å²) in [5, 5.41) is 8.95. The van der Waals surface area contributed by atoms with Gasteiger partial charge in [-0.2, -0.15) is 0 Å². The van der Waals surface area contributed by atoms with Gasteiger partial charge in [0, 0.05) is 11.1 Å². The molecule has 32 heavy (non-hydrogen) atoms. The molecule has 1 aromatic rings. The van der Waals surface area contributed by atoms with E-state index in [0.717, 1.165) is 54.2 Å². The average Bonchev–Trinajstić information content (AvgIpc) is 2.71. The number of carboxylic acids is 1. The molecule has 1 aliphatic heterocycles. The first-order valence-corrected chi connectivity index (χ1v) is 12.4. The number of hydrogen-bond acceptors (Lipinski definition) is 3. The predicted octanol–water partition coefficient (Wildman–Crippen LogP) is 7.21. The molecule has 2 atom stereocenters. The van der Waals surface area contributed by atoms with Gasteiger partial charge in [0.25, 0.3) is 0 Å². The molecule has 0 fully saturated rings. The maximum Gasteiger partial charge on any atom is 0.306 e. The summed E-state index contributed by atoms with van der Waals surface area (Å²) < 4.78 is 12.6. The Hall–Kier alpha value is -1.97. The summed E-state index contributed by atoms with van der Waals surface area (Å²) in [6.45, 7) is 15.6. The zero-order valence-corrected chi connectivity index (χ0v) is 21.3. The van der Waals surface area contributed by atoms with Gasteiger partial charge in [-0.15, -0.1) is 0 Å². The van der Waals surface area contributed by atoms with E-state index in [1.807, 2.05) is 0 Å². The van der Waals surface area contributed by atoms with Crippen LogP contribution < -0.4 is 9.47 Å². The topological polar surface area (TPSA) is 55.8 Å². The molecule has 2 unspecified atom stereocenters. The van der Waals surface area contributed by atoms with Crippen LogP contribution >= 0.6 is 0 Å². The largest absolute Gasteiger partial charge is 0.492 e. The van der Waals surface area contributed by atoms with Gasteiger partial charge in [-0.25, -0.2) is 0 Å². The van der Waals surface area contributed by atoms with Crippen LogP contribution in [0.1, 0.15) is 95.4 Å². The molecule has 0 amide bonds. The van der Waals surface area contributed by atoms with Crippen molar-refractivity contribution in [2.24, 2.45) is 11.8 Å². The first kappa shape index (κ1) is 26.3. The lowest BCUT2D eigenvalue weighted by molar-refractivity contribution is -0.137. The van der Waals surface area contributed by atoms with Gasteiger partial charge in [0.2, 0.25) is 0 Å². The molecular weight excluding hydrogens is 400 g/mol. The molecule has 1 heterocycles. The fourth-order valence-corrected chi connectivity index (χ4v) is 4.60. The van der Waals surface area contributed by atoms with Crippen molar-refractivity contribution >= 4 is 5.97 Å². The van der Waals surface area contributed by atoms with Gasteiger partial charge >= 0.3 is 5.97 Å². The summed E-state index contributed by atoms with van der Waals surface area (Å²) in [5.41, 5.74) is 4.26. The molecule has 0 radical (unpaired) electrons. The van der Waals surface area contributed by atoms with E-state index in [2.05, 4.69) is 60.6 Å². The summed E-state index contributed by atoms with van der Waals surface area (Å²) in [7, 11) is 0. The van der Waals surface area contributed by atoms with Crippen LogP contribution in [-0.4, -0.2) is 23.3 Å². The van der Waals surface area contributed by atoms with Crippen LogP contribution in [0.15, 0.2) is 12.2 Å². The van der Waals surface area contributed by atoms with E-state index in [1.165, 1.54) is 30.4 Å². The standard InChI is InChI=1S/C28H44O4/c1-8-23-24-14-17-28(7,16-10-13-20(4)12-9-11-19(2)3)32-27(24)22(6)21(5)26(23)31-18-15-25(29)30/h10,16,19-20H,8-9,11-15,17-18H2,1-7H3,(H,29,30)/b16-10+. The Morgan fingerprint density at radius 1 is 1.22 bits per heavy atom. The maximum absolute atomic E-state index is 10.9. The van der Waals surface area contributed by atoms with Crippen molar-refractivity contribution in [1.29, 1.82) is 0 Å². The number of benzene rings is 1. The fourth-order valence-electron chi connectivity index (χ4n) is 4.60. The van der Waals surface area contributed by atoms with E-state index >= 15 is 0 Å². The molecule has 0 saturated heterocycles. The zero-order chi connectivity index (χ0) is 23.9. The summed E-state index contributed by atoms with van der Waals surface area (Å²) in [6, 6.07) is 0. The van der Waals surface area contributed by atoms with Crippen molar-refractivity contribution in [3.05, 3.63) is 34.4 Å². The number of hydrogen-bond donors (Lipinski definition) is 1. The minimum atomic E-state index is -0.837. The molecule has 4 nitrogen and oxygen atoms in total. The van der Waals surface area contributed by atoms with E-state index in [9.17, 15) is 4.79 Å². The molecular formula is C28H44O4. The lowest BCUT2D eigenvalue weighted by Gasteiger charge is -2.37. The second-order valence-corrected chi connectivity index (χ2v) is 10.2. The second kappa shape index (κ2) is 11.8. The minimum Gasteiger partial charge on any atom is -0.492 e. The molecule has 0 aliphatic carbocycles. The monoisotopic (exact) mass is 444 g/mol. The number of ether oxygens (including phenoxy) is 2. The van der Waals surface area contributed by atoms with Crippen LogP contribution in [0.4, 0.5) is 0 Å². The molecule has 1 aliphatic rings. The summed E-state index contributed by atoms with van der Waals surface area (Å²) in [4.78, 5) is 10.9. The Balaban J connectivity index is 2.13. The van der Waals surface area contributed by atoms with Gasteiger partial charge in [-0.05, 0) is 75.5 Å². The maximum atomic E-state index is 10.9. The smallest absolute Gasteiger partial charge is 0.306 e. The molecule has 0 bridgehead atoms. The third kappa shape index (κ3) is 7.02. The van der Waals surface area contributed by atoms with E-state index in [1.54, 1.807) is 0 Å². The number of allylic oxidation sites excluding steroid dienone is 1. The van der Waals surface area contributed by atoms with E-state index < -0.39 is 5.97 Å². The van der Waals surface area contributed by atoms with Gasteiger partial charge in [0.15, 0.2) is 0 Å². The Morgan fingerprint density at radius 3 is 2.56 bits per heavy atom. The Morgan fingerprint density at radius 2 is 1.94 bits per heavy atom. The number of rotatable bonds is 12. The number of carboxylic acid groups (broad SMARTS) is 1. The predicted molar refractivity (Wildman–Crippen MR) is 132 cm³/mol. The average molecular weight is 445 g/mol. The van der Waals surface area contributed by atoms with Crippen molar-refractivity contribution in [3.63, 3.8) is 0 Å². The number of carbonyl (C=O) groups is 1. The Bertz CT molecular complexity index is 808. The third-order valence-corrected chi connectivity index (χ3v) is 6.77. The third-order valence-electron chi connectivity index (χ3n) is 6.77. The lowest BCUT2D eigenvalue weighted by atomic mass is 9.85. The van der Waals surface area contributed by atoms with Gasteiger partial charge < -0.3 is 14.6 Å². The van der Waals surface area contributed by atoms with E-state index in [4.69, 9.17) is 14.6 Å². The highest BCUT2D eigenvalue weighted by molar-refractivity contribution is 5.67. The normalized spacial score (nSPS) is 19.1. The van der Waals surface area contributed by atoms with Crippen LogP contribution in [0, 0.1) is 25.7 Å². The van der Waals surface area contributed by atoms with Gasteiger partial charge in [-0.3, -0.25) is 4.79 Å². The summed E-state index contributed by atoms with van der Waals surface area (Å²) >= 11 is 0. The van der Waals surface area contributed by atoms with Gasteiger partial charge in [-0.1, -0.05) is 53.0 Å². The van der Waals surface area contributed by atoms with Gasteiger partial charge in [0.1, 0.15) is 17.1 Å². The quantitative estimate of drug-likeness (QED) is 0.346. The highest BCUT2D eigenvalue weighted by Gasteiger charge is 2.33. The van der Waals surface area contributed by atoms with Gasteiger partial charge in [0.05, 0.1) is 13.0 Å². The van der Waals surface area contributed by atoms with Crippen LogP contribution in [0.2, 0.25) is 0 Å². The van der Waals surface area contributed by atoms with Crippen molar-refractivity contribution in [2.75, 3.05) is 6.61 Å². The van der Waals surface area contributed by atoms with Crippen LogP contribution in [0.3, 0.4) is 0 Å². The Labute approximate surface area is 195 Å². The van der Waals surface area contributed by atoms with Crippen LogP contribution in [-0.2, 0) is 17.6 Å². The van der Waals surface area contributed by atoms with Crippen molar-refractivity contribution < 1.29 is 19.4 Å². The highest BCUT2D eigenvalue weighted by Crippen LogP contribution is 2.44. The molecule has 0 saturated carbocycles. The lowest BCUT2D eigenvalue weighted by Crippen LogP contribution is -2.35. The molecule has 2 rings (SSSR count). The van der Waals surface area contributed by atoms with Crippen LogP contribution in [0.25, 0.3) is 0 Å². The summed E-state index contributed by atoms with van der Waals surface area (Å²) in [5.74, 6) is 2.49. The van der Waals surface area contributed by atoms with Crippen molar-refractivity contribution in [1.82, 2.24) is 0 Å². The highest BCUT2D eigenvalue weighted by atomic mass is 16.5. The number of fused-ring (bicyclic) bond motifs is 1. The molecule has 1 aromatic carbocycles. The van der Waals surface area contributed by atoms with E-state index in [0.29, 0.717) is 5.92 Å². The van der Waals surface area contributed by atoms with Crippen LogP contribution in [0.5, 0.6) is 11.5 Å². The van der Waals surface area contributed by atoms with E-state index in [-0.39, 0.29) is 18.6 Å². The minimum absolute atomic E-state index is 0.00792. The fraction of sp³-hybridized carbons (Fsp3) is 0.679. The molecule has 180 valence electrons. The summed E-state index contributed by atoms with van der Waals surface area (Å²) in [6.07, 6.45) is 12.3. The molecule has 4 heteroatoms. The Kier molecular flexibility index (Phi) is 9.66. The second-order valence-electron chi connectivity index (χ2n) is 10.2. The van der Waals surface area contributed by atoms with Crippen molar-refractivity contribution in [3.8, 4) is 11.5 Å². The molecule has 1 N–H and O–H groups in total. The molecule has 0 spiro atoms. The first-order chi connectivity index (χ1) is 15.1.